The van der Waals surface area contributed by atoms with Crippen molar-refractivity contribution in [3.05, 3.63) is 51.0 Å². The lowest BCUT2D eigenvalue weighted by molar-refractivity contribution is 0.267. The molecule has 4 heteroatoms. The third-order valence-corrected chi connectivity index (χ3v) is 3.73. The highest BCUT2D eigenvalue weighted by Gasteiger charge is 2.12. The first-order chi connectivity index (χ1) is 9.83. The summed E-state index contributed by atoms with van der Waals surface area (Å²) < 4.78 is 12.7. The summed E-state index contributed by atoms with van der Waals surface area (Å²) in [7, 11) is 0. The van der Waals surface area contributed by atoms with E-state index in [0.29, 0.717) is 6.61 Å². The summed E-state index contributed by atoms with van der Waals surface area (Å²) >= 11 is 2.28. The standard InChI is InChI=1S/C17H22INO2/c1-12-13(10-19-17(2,3)4)8-16(21-12)11-20-15-7-5-6-14(18)9-15/h5-9,19H,10-11H2,1-4H3. The van der Waals surface area contributed by atoms with E-state index in [-0.39, 0.29) is 5.54 Å². The Morgan fingerprint density at radius 1 is 1.24 bits per heavy atom. The van der Waals surface area contributed by atoms with Gasteiger partial charge in [0.1, 0.15) is 23.9 Å². The summed E-state index contributed by atoms with van der Waals surface area (Å²) in [4.78, 5) is 0. The maximum atomic E-state index is 5.77. The van der Waals surface area contributed by atoms with Crippen LogP contribution in [0.15, 0.2) is 34.7 Å². The van der Waals surface area contributed by atoms with Gasteiger partial charge in [-0.25, -0.2) is 0 Å². The quantitative estimate of drug-likeness (QED) is 0.743. The normalized spacial score (nSPS) is 11.7. The Hall–Kier alpha value is -1.01. The van der Waals surface area contributed by atoms with Crippen molar-refractivity contribution in [2.75, 3.05) is 0 Å². The Kier molecular flexibility index (Phi) is 5.32. The van der Waals surface area contributed by atoms with E-state index in [1.165, 1.54) is 5.56 Å². The molecule has 0 radical (unpaired) electrons. The minimum Gasteiger partial charge on any atom is -0.486 e. The maximum Gasteiger partial charge on any atom is 0.146 e. The van der Waals surface area contributed by atoms with Gasteiger partial charge in [-0.2, -0.15) is 0 Å². The highest BCUT2D eigenvalue weighted by Crippen LogP contribution is 2.19. The van der Waals surface area contributed by atoms with Crippen LogP contribution in [0.25, 0.3) is 0 Å². The first-order valence-electron chi connectivity index (χ1n) is 7.05. The van der Waals surface area contributed by atoms with Crippen LogP contribution in [-0.4, -0.2) is 5.54 Å². The van der Waals surface area contributed by atoms with Crippen LogP contribution >= 0.6 is 22.6 Å². The number of hydrogen-bond acceptors (Lipinski definition) is 3. The van der Waals surface area contributed by atoms with Crippen molar-refractivity contribution in [2.45, 2.75) is 46.4 Å². The Morgan fingerprint density at radius 2 is 2.00 bits per heavy atom. The number of halogens is 1. The summed E-state index contributed by atoms with van der Waals surface area (Å²) in [5.74, 6) is 2.68. The third-order valence-electron chi connectivity index (χ3n) is 3.06. The molecule has 0 fully saturated rings. The van der Waals surface area contributed by atoms with Gasteiger partial charge < -0.3 is 14.5 Å². The van der Waals surface area contributed by atoms with E-state index in [2.05, 4.69) is 54.7 Å². The molecular weight excluding hydrogens is 377 g/mol. The second kappa shape index (κ2) is 6.83. The summed E-state index contributed by atoms with van der Waals surface area (Å²) in [5.41, 5.74) is 1.28. The van der Waals surface area contributed by atoms with Gasteiger partial charge in [0.05, 0.1) is 0 Å². The molecule has 0 aliphatic rings. The number of rotatable bonds is 5. The summed E-state index contributed by atoms with van der Waals surface area (Å²) in [6.45, 7) is 9.73. The highest BCUT2D eigenvalue weighted by molar-refractivity contribution is 14.1. The van der Waals surface area contributed by atoms with Crippen LogP contribution in [-0.2, 0) is 13.2 Å². The van der Waals surface area contributed by atoms with Crippen molar-refractivity contribution in [3.8, 4) is 5.75 Å². The topological polar surface area (TPSA) is 34.4 Å². The Bertz CT molecular complexity index is 599. The van der Waals surface area contributed by atoms with Gasteiger partial charge in [-0.1, -0.05) is 6.07 Å². The van der Waals surface area contributed by atoms with E-state index in [1.54, 1.807) is 0 Å². The predicted octanol–water partition coefficient (Wildman–Crippen LogP) is 4.66. The molecule has 1 aromatic heterocycles. The second-order valence-corrected chi connectivity index (χ2v) is 7.39. The van der Waals surface area contributed by atoms with Crippen molar-refractivity contribution < 1.29 is 9.15 Å². The van der Waals surface area contributed by atoms with Crippen LogP contribution in [0.4, 0.5) is 0 Å². The van der Waals surface area contributed by atoms with Gasteiger partial charge in [-0.15, -0.1) is 0 Å². The SMILES string of the molecule is Cc1oc(COc2cccc(I)c2)cc1CNC(C)(C)C. The third kappa shape index (κ3) is 5.36. The smallest absolute Gasteiger partial charge is 0.146 e. The summed E-state index contributed by atoms with van der Waals surface area (Å²) in [6, 6.07) is 10.1. The van der Waals surface area contributed by atoms with E-state index in [9.17, 15) is 0 Å². The van der Waals surface area contributed by atoms with Crippen LogP contribution in [0.3, 0.4) is 0 Å². The molecule has 21 heavy (non-hydrogen) atoms. The van der Waals surface area contributed by atoms with Gasteiger partial charge in [0.25, 0.3) is 0 Å². The van der Waals surface area contributed by atoms with Crippen LogP contribution in [0.2, 0.25) is 0 Å². The largest absolute Gasteiger partial charge is 0.486 e. The molecule has 1 heterocycles. The lowest BCUT2D eigenvalue weighted by atomic mass is 10.1. The van der Waals surface area contributed by atoms with Gasteiger partial charge in [-0.3, -0.25) is 0 Å². The minimum absolute atomic E-state index is 0.0983. The van der Waals surface area contributed by atoms with Crippen LogP contribution in [0, 0.1) is 10.5 Å². The van der Waals surface area contributed by atoms with E-state index in [1.807, 2.05) is 31.2 Å². The molecular formula is C17H22INO2. The van der Waals surface area contributed by atoms with Gasteiger partial charge in [0, 0.05) is 21.2 Å². The highest BCUT2D eigenvalue weighted by atomic mass is 127. The molecule has 0 amide bonds. The first kappa shape index (κ1) is 16.4. The fourth-order valence-electron chi connectivity index (χ4n) is 1.91. The van der Waals surface area contributed by atoms with Crippen LogP contribution in [0.1, 0.15) is 37.9 Å². The fourth-order valence-corrected chi connectivity index (χ4v) is 2.42. The Morgan fingerprint density at radius 3 is 2.67 bits per heavy atom. The lowest BCUT2D eigenvalue weighted by Crippen LogP contribution is -2.35. The molecule has 2 rings (SSSR count). The molecule has 0 spiro atoms. The molecule has 0 bridgehead atoms. The van der Waals surface area contributed by atoms with Gasteiger partial charge in [-0.05, 0) is 74.6 Å². The van der Waals surface area contributed by atoms with Crippen molar-refractivity contribution >= 4 is 22.6 Å². The zero-order valence-corrected chi connectivity index (χ0v) is 15.2. The Balaban J connectivity index is 1.95. The first-order valence-corrected chi connectivity index (χ1v) is 8.13. The average molecular weight is 399 g/mol. The lowest BCUT2D eigenvalue weighted by Gasteiger charge is -2.20. The molecule has 3 nitrogen and oxygen atoms in total. The van der Waals surface area contributed by atoms with E-state index >= 15 is 0 Å². The summed E-state index contributed by atoms with van der Waals surface area (Å²) in [5, 5.41) is 3.47. The maximum absolute atomic E-state index is 5.77. The number of nitrogens with one attached hydrogen (secondary N) is 1. The molecule has 1 N–H and O–H groups in total. The van der Waals surface area contributed by atoms with Gasteiger partial charge in [0.15, 0.2) is 0 Å². The molecule has 0 unspecified atom stereocenters. The average Bonchev–Trinajstić information content (AvgIpc) is 2.74. The number of furan rings is 1. The zero-order chi connectivity index (χ0) is 15.5. The molecule has 0 aliphatic heterocycles. The van der Waals surface area contributed by atoms with E-state index in [4.69, 9.17) is 9.15 Å². The molecule has 0 atom stereocenters. The van der Waals surface area contributed by atoms with Crippen molar-refractivity contribution in [2.24, 2.45) is 0 Å². The molecule has 2 aromatic rings. The zero-order valence-electron chi connectivity index (χ0n) is 13.0. The van der Waals surface area contributed by atoms with Gasteiger partial charge in [0.2, 0.25) is 0 Å². The second-order valence-electron chi connectivity index (χ2n) is 6.14. The van der Waals surface area contributed by atoms with Crippen molar-refractivity contribution in [1.82, 2.24) is 5.32 Å². The molecule has 0 saturated carbocycles. The van der Waals surface area contributed by atoms with Crippen molar-refractivity contribution in [1.29, 1.82) is 0 Å². The van der Waals surface area contributed by atoms with Crippen molar-refractivity contribution in [3.63, 3.8) is 0 Å². The molecule has 0 aliphatic carbocycles. The van der Waals surface area contributed by atoms with Crippen LogP contribution < -0.4 is 10.1 Å². The number of benzene rings is 1. The molecule has 0 saturated heterocycles. The minimum atomic E-state index is 0.0983. The number of ether oxygens (including phenoxy) is 1. The summed E-state index contributed by atoms with van der Waals surface area (Å²) in [6.07, 6.45) is 0. The number of aryl methyl sites for hydroxylation is 1. The molecule has 1 aromatic carbocycles. The Labute approximate surface area is 140 Å². The molecule has 114 valence electrons. The van der Waals surface area contributed by atoms with E-state index < -0.39 is 0 Å². The fraction of sp³-hybridized carbons (Fsp3) is 0.412. The van der Waals surface area contributed by atoms with E-state index in [0.717, 1.165) is 27.4 Å². The van der Waals surface area contributed by atoms with Gasteiger partial charge >= 0.3 is 0 Å². The van der Waals surface area contributed by atoms with Crippen LogP contribution in [0.5, 0.6) is 5.75 Å². The predicted molar refractivity (Wildman–Crippen MR) is 93.5 cm³/mol. The monoisotopic (exact) mass is 399 g/mol. The number of hydrogen-bond donors (Lipinski definition) is 1.